The van der Waals surface area contributed by atoms with Gasteiger partial charge in [0, 0.05) is 6.04 Å². The van der Waals surface area contributed by atoms with Crippen molar-refractivity contribution in [3.8, 4) is 11.6 Å². The molecule has 2 aliphatic rings. The molecule has 1 aliphatic heterocycles. The van der Waals surface area contributed by atoms with Crippen LogP contribution in [0, 0.1) is 5.92 Å². The molecule has 0 N–H and O–H groups in total. The first kappa shape index (κ1) is 15.4. The van der Waals surface area contributed by atoms with Gasteiger partial charge < -0.3 is 13.7 Å². The van der Waals surface area contributed by atoms with Gasteiger partial charge in [-0.2, -0.15) is 4.98 Å². The van der Waals surface area contributed by atoms with E-state index in [1.807, 2.05) is 0 Å². The summed E-state index contributed by atoms with van der Waals surface area (Å²) in [5, 5.41) is 3.97. The maximum Gasteiger partial charge on any atom is 0.323 e. The molecule has 1 saturated heterocycles. The second kappa shape index (κ2) is 6.39. The fourth-order valence-corrected chi connectivity index (χ4v) is 4.13. The van der Waals surface area contributed by atoms with Gasteiger partial charge in [0.15, 0.2) is 5.76 Å². The van der Waals surface area contributed by atoms with Crippen LogP contribution in [0.4, 0.5) is 0 Å². The molecule has 3 atom stereocenters. The largest absolute Gasteiger partial charge is 0.468 e. The van der Waals surface area contributed by atoms with E-state index in [0.29, 0.717) is 36.0 Å². The first-order chi connectivity index (χ1) is 11.8. The van der Waals surface area contributed by atoms with E-state index >= 15 is 0 Å². The molecule has 2 aromatic rings. The minimum atomic E-state index is -0.220. The Morgan fingerprint density at radius 1 is 1.42 bits per heavy atom. The Kier molecular flexibility index (Phi) is 4.10. The third kappa shape index (κ3) is 2.73. The van der Waals surface area contributed by atoms with E-state index in [2.05, 4.69) is 15.0 Å². The van der Waals surface area contributed by atoms with Crippen molar-refractivity contribution in [1.82, 2.24) is 15.0 Å². The Hall–Kier alpha value is -2.15. The van der Waals surface area contributed by atoms with Gasteiger partial charge >= 0.3 is 5.97 Å². The molecular weight excluding hydrogens is 310 g/mol. The molecule has 0 aromatic carbocycles. The van der Waals surface area contributed by atoms with Gasteiger partial charge in [-0.1, -0.05) is 18.0 Å². The summed E-state index contributed by atoms with van der Waals surface area (Å²) in [6, 6.07) is 3.74. The van der Waals surface area contributed by atoms with E-state index in [0.717, 1.165) is 12.8 Å². The zero-order chi connectivity index (χ0) is 16.5. The highest BCUT2D eigenvalue weighted by Crippen LogP contribution is 2.40. The van der Waals surface area contributed by atoms with Crippen LogP contribution in [-0.2, 0) is 16.1 Å². The Balaban J connectivity index is 1.55. The zero-order valence-corrected chi connectivity index (χ0v) is 13.7. The van der Waals surface area contributed by atoms with E-state index in [-0.39, 0.29) is 12.0 Å². The van der Waals surface area contributed by atoms with Crippen molar-refractivity contribution in [2.45, 2.75) is 50.7 Å². The summed E-state index contributed by atoms with van der Waals surface area (Å²) >= 11 is 0. The summed E-state index contributed by atoms with van der Waals surface area (Å²) in [6.45, 7) is 0.467. The molecule has 128 valence electrons. The quantitative estimate of drug-likeness (QED) is 0.797. The van der Waals surface area contributed by atoms with Crippen LogP contribution in [0.5, 0.6) is 0 Å². The Labute approximate surface area is 140 Å². The lowest BCUT2D eigenvalue weighted by Gasteiger charge is -2.32. The van der Waals surface area contributed by atoms with Gasteiger partial charge in [0.1, 0.15) is 6.04 Å². The van der Waals surface area contributed by atoms with Gasteiger partial charge in [-0.15, -0.1) is 0 Å². The molecule has 0 amide bonds. The summed E-state index contributed by atoms with van der Waals surface area (Å²) in [5.41, 5.74) is 0. The molecular formula is C17H21N3O4. The fraction of sp³-hybridized carbons (Fsp3) is 0.588. The summed E-state index contributed by atoms with van der Waals surface area (Å²) in [6.07, 6.45) is 7.16. The van der Waals surface area contributed by atoms with Gasteiger partial charge in [-0.25, -0.2) is 0 Å². The lowest BCUT2D eigenvalue weighted by atomic mass is 9.85. The van der Waals surface area contributed by atoms with Gasteiger partial charge in [-0.05, 0) is 37.3 Å². The molecule has 2 fully saturated rings. The molecule has 2 aromatic heterocycles. The van der Waals surface area contributed by atoms with E-state index in [9.17, 15) is 4.79 Å². The molecule has 0 spiro atoms. The van der Waals surface area contributed by atoms with E-state index < -0.39 is 0 Å². The van der Waals surface area contributed by atoms with Crippen molar-refractivity contribution in [2.75, 3.05) is 7.11 Å². The van der Waals surface area contributed by atoms with Gasteiger partial charge in [0.05, 0.1) is 19.9 Å². The number of rotatable bonds is 4. The lowest BCUT2D eigenvalue weighted by molar-refractivity contribution is -0.146. The van der Waals surface area contributed by atoms with Gasteiger partial charge in [-0.3, -0.25) is 9.69 Å². The van der Waals surface area contributed by atoms with E-state index in [1.54, 1.807) is 18.4 Å². The first-order valence-electron chi connectivity index (χ1n) is 8.46. The Morgan fingerprint density at radius 2 is 2.29 bits per heavy atom. The number of ether oxygens (including phenoxy) is 1. The summed E-state index contributed by atoms with van der Waals surface area (Å²) in [4.78, 5) is 18.8. The normalized spacial score (nSPS) is 27.1. The van der Waals surface area contributed by atoms with Crippen molar-refractivity contribution in [3.63, 3.8) is 0 Å². The lowest BCUT2D eigenvalue weighted by Crippen LogP contribution is -2.42. The molecule has 0 bridgehead atoms. The van der Waals surface area contributed by atoms with Crippen molar-refractivity contribution in [2.24, 2.45) is 5.92 Å². The van der Waals surface area contributed by atoms with Crippen molar-refractivity contribution < 1.29 is 18.5 Å². The van der Waals surface area contributed by atoms with Crippen LogP contribution in [0.25, 0.3) is 11.6 Å². The average Bonchev–Trinajstić information content (AvgIpc) is 3.34. The standard InChI is InChI=1S/C17H21N3O4/c1-22-17(21)13-9-11-5-2-3-6-12(11)20(13)10-15-18-16(19-24-15)14-7-4-8-23-14/h4,7-8,11-13H,2-3,5-6,9-10H2,1H3. The Bertz CT molecular complexity index is 697. The molecule has 1 saturated carbocycles. The number of likely N-dealkylation sites (tertiary alicyclic amines) is 1. The van der Waals surface area contributed by atoms with Crippen LogP contribution in [0.2, 0.25) is 0 Å². The number of fused-ring (bicyclic) bond motifs is 1. The molecule has 1 aliphatic carbocycles. The highest BCUT2D eigenvalue weighted by Gasteiger charge is 2.46. The highest BCUT2D eigenvalue weighted by molar-refractivity contribution is 5.76. The maximum absolute atomic E-state index is 12.2. The number of methoxy groups -OCH3 is 1. The smallest absolute Gasteiger partial charge is 0.323 e. The van der Waals surface area contributed by atoms with Crippen LogP contribution in [-0.4, -0.2) is 40.2 Å². The second-order valence-electron chi connectivity index (χ2n) is 6.55. The van der Waals surface area contributed by atoms with Crippen LogP contribution >= 0.6 is 0 Å². The fourth-order valence-electron chi connectivity index (χ4n) is 4.13. The van der Waals surface area contributed by atoms with E-state index in [1.165, 1.54) is 26.4 Å². The molecule has 0 radical (unpaired) electrons. The molecule has 4 rings (SSSR count). The van der Waals surface area contributed by atoms with Gasteiger partial charge in [0.2, 0.25) is 11.7 Å². The third-order valence-corrected chi connectivity index (χ3v) is 5.22. The molecule has 7 nitrogen and oxygen atoms in total. The maximum atomic E-state index is 12.2. The number of hydrogen-bond acceptors (Lipinski definition) is 7. The first-order valence-corrected chi connectivity index (χ1v) is 8.46. The van der Waals surface area contributed by atoms with Crippen molar-refractivity contribution >= 4 is 5.97 Å². The highest BCUT2D eigenvalue weighted by atomic mass is 16.5. The molecule has 7 heteroatoms. The molecule has 3 unspecified atom stereocenters. The molecule has 3 heterocycles. The van der Waals surface area contributed by atoms with E-state index in [4.69, 9.17) is 13.7 Å². The zero-order valence-electron chi connectivity index (χ0n) is 13.7. The number of furan rings is 1. The summed E-state index contributed by atoms with van der Waals surface area (Å²) < 4.78 is 15.7. The third-order valence-electron chi connectivity index (χ3n) is 5.22. The molecule has 24 heavy (non-hydrogen) atoms. The number of hydrogen-bond donors (Lipinski definition) is 0. The van der Waals surface area contributed by atoms with Crippen LogP contribution in [0.1, 0.15) is 38.0 Å². The monoisotopic (exact) mass is 331 g/mol. The average molecular weight is 331 g/mol. The van der Waals surface area contributed by atoms with Crippen LogP contribution in [0.15, 0.2) is 27.3 Å². The predicted molar refractivity (Wildman–Crippen MR) is 83.7 cm³/mol. The summed E-state index contributed by atoms with van der Waals surface area (Å²) in [5.74, 6) is 1.89. The van der Waals surface area contributed by atoms with Crippen molar-refractivity contribution in [1.29, 1.82) is 0 Å². The Morgan fingerprint density at radius 3 is 3.08 bits per heavy atom. The number of nitrogens with zero attached hydrogens (tertiary/aromatic N) is 3. The van der Waals surface area contributed by atoms with Crippen LogP contribution in [0.3, 0.4) is 0 Å². The summed E-state index contributed by atoms with van der Waals surface area (Å²) in [7, 11) is 1.45. The van der Waals surface area contributed by atoms with Crippen molar-refractivity contribution in [3.05, 3.63) is 24.3 Å². The van der Waals surface area contributed by atoms with Crippen LogP contribution < -0.4 is 0 Å². The second-order valence-corrected chi connectivity index (χ2v) is 6.55. The SMILES string of the molecule is COC(=O)C1CC2CCCCC2N1Cc1nc(-c2ccco2)no1. The minimum Gasteiger partial charge on any atom is -0.468 e. The number of aromatic nitrogens is 2. The van der Waals surface area contributed by atoms with Gasteiger partial charge in [0.25, 0.3) is 0 Å². The number of carbonyl (C=O) groups excluding carboxylic acids is 1. The minimum absolute atomic E-state index is 0.171. The predicted octanol–water partition coefficient (Wildman–Crippen LogP) is 2.64. The number of esters is 1. The topological polar surface area (TPSA) is 81.6 Å². The number of carbonyl (C=O) groups is 1.